The molecule has 3 aliphatic rings. The Labute approximate surface area is 195 Å². The fourth-order valence-electron chi connectivity index (χ4n) is 4.75. The van der Waals surface area contributed by atoms with Gasteiger partial charge in [-0.25, -0.2) is 14.2 Å². The summed E-state index contributed by atoms with van der Waals surface area (Å²) < 4.78 is 24.6. The molecular formula is C25H24FN3O5. The zero-order valence-corrected chi connectivity index (χ0v) is 19.0. The molecule has 5 rings (SSSR count). The number of anilines is 2. The molecule has 1 amide bonds. The maximum Gasteiger partial charge on any atom is 0.328 e. The predicted octanol–water partition coefficient (Wildman–Crippen LogP) is 2.89. The minimum absolute atomic E-state index is 0.284. The van der Waals surface area contributed by atoms with Crippen molar-refractivity contribution >= 4 is 34.5 Å². The van der Waals surface area contributed by atoms with Crippen molar-refractivity contribution in [3.63, 3.8) is 0 Å². The first-order valence-corrected chi connectivity index (χ1v) is 10.9. The first-order valence-electron chi connectivity index (χ1n) is 10.9. The maximum absolute atomic E-state index is 13.6. The lowest BCUT2D eigenvalue weighted by Crippen LogP contribution is -2.37. The highest BCUT2D eigenvalue weighted by Gasteiger charge is 2.39. The zero-order chi connectivity index (χ0) is 24.2. The molecule has 34 heavy (non-hydrogen) atoms. The third-order valence-corrected chi connectivity index (χ3v) is 6.37. The first kappa shape index (κ1) is 22.1. The number of hydrogen-bond acceptors (Lipinski definition) is 7. The van der Waals surface area contributed by atoms with E-state index in [1.54, 1.807) is 29.3 Å². The lowest BCUT2D eigenvalue weighted by atomic mass is 9.93. The van der Waals surface area contributed by atoms with Crippen molar-refractivity contribution in [2.24, 2.45) is 0 Å². The van der Waals surface area contributed by atoms with E-state index >= 15 is 0 Å². The summed E-state index contributed by atoms with van der Waals surface area (Å²) in [5, 5.41) is 12.7. The highest BCUT2D eigenvalue weighted by atomic mass is 19.1. The fourth-order valence-corrected chi connectivity index (χ4v) is 4.75. The fraction of sp³-hybridized carbons (Fsp3) is 0.320. The molecule has 1 fully saturated rings. The largest absolute Gasteiger partial charge is 0.482 e. The van der Waals surface area contributed by atoms with Crippen molar-refractivity contribution in [2.45, 2.75) is 38.0 Å². The molecule has 0 aliphatic carbocycles. The number of aliphatic hydroxyl groups excluding tert-OH is 1. The lowest BCUT2D eigenvalue weighted by Gasteiger charge is -2.25. The van der Waals surface area contributed by atoms with Crippen molar-refractivity contribution < 1.29 is 28.6 Å². The Hall–Kier alpha value is -3.72. The van der Waals surface area contributed by atoms with Crippen LogP contribution in [-0.2, 0) is 19.1 Å². The molecular weight excluding hydrogens is 441 g/mol. The van der Waals surface area contributed by atoms with Gasteiger partial charge >= 0.3 is 5.97 Å². The molecule has 2 N–H and O–H groups in total. The molecule has 9 heteroatoms. The van der Waals surface area contributed by atoms with Crippen molar-refractivity contribution in [1.29, 1.82) is 0 Å². The standard InChI is InChI=1S/C25H24FN3O5/c1-25(2)17(10-20(34-25)22-16-6-5-14(26)8-18(16)28-23(22)31)13-4-7-21(27-11-13)29-12-15(30)9-19(29)24(32)33-3/h4-8,10-11,15,19,30H,9,12H2,1-3H3,(H,28,31). The molecule has 2 unspecified atom stereocenters. The van der Waals surface area contributed by atoms with Crippen LogP contribution in [0.4, 0.5) is 15.9 Å². The van der Waals surface area contributed by atoms with E-state index in [1.165, 1.54) is 19.2 Å². The second kappa shape index (κ2) is 7.95. The Bertz CT molecular complexity index is 1250. The van der Waals surface area contributed by atoms with E-state index in [9.17, 15) is 19.1 Å². The second-order valence-electron chi connectivity index (χ2n) is 9.04. The first-order chi connectivity index (χ1) is 16.2. The Balaban J connectivity index is 1.49. The summed E-state index contributed by atoms with van der Waals surface area (Å²) in [5.74, 6) is -0.237. The Morgan fingerprint density at radius 2 is 2.12 bits per heavy atom. The molecule has 2 atom stereocenters. The molecule has 4 heterocycles. The molecule has 3 aliphatic heterocycles. The second-order valence-corrected chi connectivity index (χ2v) is 9.04. The van der Waals surface area contributed by atoms with Gasteiger partial charge in [-0.1, -0.05) is 0 Å². The monoisotopic (exact) mass is 465 g/mol. The van der Waals surface area contributed by atoms with Crippen molar-refractivity contribution in [1.82, 2.24) is 4.98 Å². The number of allylic oxidation sites excluding steroid dienone is 1. The topological polar surface area (TPSA) is 101 Å². The van der Waals surface area contributed by atoms with Crippen LogP contribution in [0, 0.1) is 5.82 Å². The highest BCUT2D eigenvalue weighted by molar-refractivity contribution is 6.32. The summed E-state index contributed by atoms with van der Waals surface area (Å²) >= 11 is 0. The highest BCUT2D eigenvalue weighted by Crippen LogP contribution is 2.44. The van der Waals surface area contributed by atoms with E-state index in [2.05, 4.69) is 10.3 Å². The molecule has 176 valence electrons. The maximum atomic E-state index is 13.6. The summed E-state index contributed by atoms with van der Waals surface area (Å²) in [7, 11) is 1.32. The quantitative estimate of drug-likeness (QED) is 0.531. The van der Waals surface area contributed by atoms with E-state index in [4.69, 9.17) is 9.47 Å². The number of aliphatic hydroxyl groups is 1. The number of rotatable bonds is 3. The minimum Gasteiger partial charge on any atom is -0.482 e. The van der Waals surface area contributed by atoms with Gasteiger partial charge in [0.15, 0.2) is 0 Å². The number of ether oxygens (including phenoxy) is 2. The van der Waals surface area contributed by atoms with Crippen molar-refractivity contribution in [3.8, 4) is 0 Å². The average Bonchev–Trinajstić information content (AvgIpc) is 3.44. The van der Waals surface area contributed by atoms with Gasteiger partial charge in [0.2, 0.25) is 0 Å². The van der Waals surface area contributed by atoms with Gasteiger partial charge in [-0.05, 0) is 50.3 Å². The number of benzene rings is 1. The summed E-state index contributed by atoms with van der Waals surface area (Å²) in [5.41, 5.74) is 2.22. The number of pyridine rings is 1. The van der Waals surface area contributed by atoms with E-state index in [0.717, 1.165) is 11.1 Å². The van der Waals surface area contributed by atoms with Crippen molar-refractivity contribution in [3.05, 3.63) is 65.3 Å². The van der Waals surface area contributed by atoms with E-state index in [0.29, 0.717) is 28.4 Å². The molecule has 1 saturated heterocycles. The number of carbonyl (C=O) groups is 2. The predicted molar refractivity (Wildman–Crippen MR) is 123 cm³/mol. The Morgan fingerprint density at radius 3 is 2.82 bits per heavy atom. The van der Waals surface area contributed by atoms with Gasteiger partial charge in [0.25, 0.3) is 5.91 Å². The molecule has 2 aromatic rings. The lowest BCUT2D eigenvalue weighted by molar-refractivity contribution is -0.142. The molecule has 0 saturated carbocycles. The van der Waals surface area contributed by atoms with Gasteiger partial charge in [0.1, 0.15) is 29.0 Å². The van der Waals surface area contributed by atoms with Gasteiger partial charge in [-0.3, -0.25) is 4.79 Å². The number of esters is 1. The van der Waals surface area contributed by atoms with E-state index < -0.39 is 29.5 Å². The minimum atomic E-state index is -0.743. The van der Waals surface area contributed by atoms with E-state index in [1.807, 2.05) is 19.9 Å². The Morgan fingerprint density at radius 1 is 1.32 bits per heavy atom. The third-order valence-electron chi connectivity index (χ3n) is 6.37. The average molecular weight is 465 g/mol. The smallest absolute Gasteiger partial charge is 0.328 e. The summed E-state index contributed by atoms with van der Waals surface area (Å²) in [4.78, 5) is 31.0. The van der Waals surface area contributed by atoms with Crippen LogP contribution in [0.3, 0.4) is 0 Å². The van der Waals surface area contributed by atoms with Crippen LogP contribution < -0.4 is 10.2 Å². The molecule has 0 spiro atoms. The van der Waals surface area contributed by atoms with Gasteiger partial charge in [0, 0.05) is 35.9 Å². The van der Waals surface area contributed by atoms with Gasteiger partial charge < -0.3 is 24.8 Å². The van der Waals surface area contributed by atoms with E-state index in [-0.39, 0.29) is 18.9 Å². The van der Waals surface area contributed by atoms with Crippen LogP contribution in [0.25, 0.3) is 11.1 Å². The molecule has 0 bridgehead atoms. The van der Waals surface area contributed by atoms with Crippen LogP contribution in [0.5, 0.6) is 0 Å². The zero-order valence-electron chi connectivity index (χ0n) is 19.0. The van der Waals surface area contributed by atoms with Crippen LogP contribution in [0.1, 0.15) is 31.4 Å². The van der Waals surface area contributed by atoms with Gasteiger partial charge in [-0.15, -0.1) is 0 Å². The number of aromatic nitrogens is 1. The number of β-amino-alcohol motifs (C(OH)–C–C–N with tert-alkyl or cyclic N) is 1. The summed E-state index contributed by atoms with van der Waals surface area (Å²) in [6.45, 7) is 4.07. The molecule has 8 nitrogen and oxygen atoms in total. The van der Waals surface area contributed by atoms with Crippen molar-refractivity contribution in [2.75, 3.05) is 23.9 Å². The Kier molecular flexibility index (Phi) is 5.16. The number of hydrogen-bond donors (Lipinski definition) is 2. The van der Waals surface area contributed by atoms with Crippen LogP contribution in [0.2, 0.25) is 0 Å². The summed E-state index contributed by atoms with van der Waals surface area (Å²) in [6.07, 6.45) is 3.13. The number of fused-ring (bicyclic) bond motifs is 1. The number of amides is 1. The SMILES string of the molecule is COC(=O)C1CC(O)CN1c1ccc(C2=CC(=C3C(=O)Nc4cc(F)ccc43)OC2(C)C)cn1. The molecule has 0 radical (unpaired) electrons. The normalized spacial score (nSPS) is 25.0. The molecule has 1 aromatic carbocycles. The number of methoxy groups -OCH3 is 1. The number of nitrogens with one attached hydrogen (secondary N) is 1. The number of carbonyl (C=O) groups excluding carboxylic acids is 2. The van der Waals surface area contributed by atoms with Crippen LogP contribution >= 0.6 is 0 Å². The van der Waals surface area contributed by atoms with Crippen LogP contribution in [0.15, 0.2) is 48.4 Å². The van der Waals surface area contributed by atoms with Crippen LogP contribution in [-0.4, -0.2) is 53.4 Å². The third kappa shape index (κ3) is 3.62. The van der Waals surface area contributed by atoms with Gasteiger partial charge in [0.05, 0.1) is 24.5 Å². The number of halogens is 1. The molecule has 1 aromatic heterocycles. The number of nitrogens with zero attached hydrogens (tertiary/aromatic N) is 2. The van der Waals surface area contributed by atoms with Gasteiger partial charge in [-0.2, -0.15) is 0 Å². The summed E-state index contributed by atoms with van der Waals surface area (Å²) in [6, 6.07) is 7.21.